The van der Waals surface area contributed by atoms with Gasteiger partial charge in [-0.2, -0.15) is 0 Å². The van der Waals surface area contributed by atoms with Gasteiger partial charge in [0, 0.05) is 22.1 Å². The van der Waals surface area contributed by atoms with Crippen LogP contribution in [0.25, 0.3) is 0 Å². The average molecular weight is 353 g/mol. The van der Waals surface area contributed by atoms with Crippen LogP contribution in [0.3, 0.4) is 0 Å². The summed E-state index contributed by atoms with van der Waals surface area (Å²) in [5.74, 6) is -0.470. The Morgan fingerprint density at radius 3 is 2.71 bits per heavy atom. The summed E-state index contributed by atoms with van der Waals surface area (Å²) in [6, 6.07) is 9.67. The van der Waals surface area contributed by atoms with E-state index in [0.717, 1.165) is 16.2 Å². The molecule has 2 aromatic rings. The Morgan fingerprint density at radius 2 is 2.10 bits per heavy atom. The van der Waals surface area contributed by atoms with Crippen molar-refractivity contribution < 1.29 is 13.9 Å². The highest BCUT2D eigenvalue weighted by Crippen LogP contribution is 2.28. The van der Waals surface area contributed by atoms with Crippen molar-refractivity contribution in [1.82, 2.24) is 0 Å². The van der Waals surface area contributed by atoms with Crippen LogP contribution in [0.2, 0.25) is 0 Å². The van der Waals surface area contributed by atoms with Crippen molar-refractivity contribution in [1.29, 1.82) is 0 Å². The van der Waals surface area contributed by atoms with Crippen molar-refractivity contribution in [2.24, 2.45) is 5.73 Å². The lowest BCUT2D eigenvalue weighted by Crippen LogP contribution is -2.12. The minimum Gasteiger partial charge on any atom is -0.495 e. The molecule has 0 saturated carbocycles. The van der Waals surface area contributed by atoms with Gasteiger partial charge in [-0.15, -0.1) is 0 Å². The lowest BCUT2D eigenvalue weighted by atomic mass is 10.1. The molecule has 2 rings (SSSR count). The fraction of sp³-hybridized carbons (Fsp3) is 0.133. The van der Waals surface area contributed by atoms with Crippen molar-refractivity contribution >= 4 is 27.5 Å². The molecule has 0 aliphatic carbocycles. The normalized spacial score (nSPS) is 10.2. The van der Waals surface area contributed by atoms with E-state index >= 15 is 0 Å². The number of carbonyl (C=O) groups is 1. The molecule has 1 amide bonds. The molecule has 21 heavy (non-hydrogen) atoms. The van der Waals surface area contributed by atoms with E-state index in [9.17, 15) is 9.18 Å². The molecular weight excluding hydrogens is 339 g/mol. The van der Waals surface area contributed by atoms with Gasteiger partial charge in [-0.3, -0.25) is 4.79 Å². The smallest absolute Gasteiger partial charge is 0.248 e. The standard InChI is InChI=1S/C15H14BrFN2O2/c1-21-14-5-4-11(16)7-13(14)19-8-10-3-2-9(15(18)20)6-12(10)17/h2-7,19H,8H2,1H3,(H2,18,20). The lowest BCUT2D eigenvalue weighted by molar-refractivity contribution is 0.1000. The Bertz CT molecular complexity index is 677. The van der Waals surface area contributed by atoms with Crippen LogP contribution < -0.4 is 15.8 Å². The van der Waals surface area contributed by atoms with Crippen LogP contribution in [0.5, 0.6) is 5.75 Å². The van der Waals surface area contributed by atoms with Crippen LogP contribution in [0.4, 0.5) is 10.1 Å². The van der Waals surface area contributed by atoms with Crippen molar-refractivity contribution in [3.05, 3.63) is 57.8 Å². The Kier molecular flexibility index (Phi) is 4.80. The van der Waals surface area contributed by atoms with E-state index in [1.807, 2.05) is 12.1 Å². The predicted octanol–water partition coefficient (Wildman–Crippen LogP) is 3.31. The molecule has 6 heteroatoms. The van der Waals surface area contributed by atoms with Gasteiger partial charge in [-0.1, -0.05) is 22.0 Å². The van der Waals surface area contributed by atoms with Gasteiger partial charge in [0.15, 0.2) is 0 Å². The topological polar surface area (TPSA) is 64.3 Å². The number of benzene rings is 2. The van der Waals surface area contributed by atoms with Crippen LogP contribution in [0.1, 0.15) is 15.9 Å². The number of carbonyl (C=O) groups excluding carboxylic acids is 1. The molecule has 110 valence electrons. The van der Waals surface area contributed by atoms with E-state index in [4.69, 9.17) is 10.5 Å². The zero-order valence-electron chi connectivity index (χ0n) is 11.3. The summed E-state index contributed by atoms with van der Waals surface area (Å²) in [7, 11) is 1.57. The molecule has 0 saturated heterocycles. The molecule has 0 unspecified atom stereocenters. The molecule has 0 atom stereocenters. The monoisotopic (exact) mass is 352 g/mol. The second-order valence-electron chi connectivity index (χ2n) is 4.37. The van der Waals surface area contributed by atoms with Crippen LogP contribution >= 0.6 is 15.9 Å². The predicted molar refractivity (Wildman–Crippen MR) is 82.9 cm³/mol. The van der Waals surface area contributed by atoms with E-state index < -0.39 is 11.7 Å². The Labute approximate surface area is 130 Å². The van der Waals surface area contributed by atoms with Gasteiger partial charge in [0.2, 0.25) is 5.91 Å². The number of ether oxygens (including phenoxy) is 1. The largest absolute Gasteiger partial charge is 0.495 e. The Balaban J connectivity index is 2.17. The van der Waals surface area contributed by atoms with E-state index in [0.29, 0.717) is 11.3 Å². The van der Waals surface area contributed by atoms with Gasteiger partial charge in [0.05, 0.1) is 12.8 Å². The maximum Gasteiger partial charge on any atom is 0.248 e. The summed E-state index contributed by atoms with van der Waals surface area (Å²) in [4.78, 5) is 11.0. The maximum absolute atomic E-state index is 13.9. The number of hydrogen-bond donors (Lipinski definition) is 2. The highest BCUT2D eigenvalue weighted by atomic mass is 79.9. The molecule has 0 heterocycles. The van der Waals surface area contributed by atoms with E-state index in [-0.39, 0.29) is 12.1 Å². The summed E-state index contributed by atoms with van der Waals surface area (Å²) >= 11 is 3.37. The number of hydrogen-bond acceptors (Lipinski definition) is 3. The average Bonchev–Trinajstić information content (AvgIpc) is 2.46. The third kappa shape index (κ3) is 3.72. The van der Waals surface area contributed by atoms with Crippen LogP contribution in [-0.2, 0) is 6.54 Å². The number of primary amides is 1. The molecule has 4 nitrogen and oxygen atoms in total. The van der Waals surface area contributed by atoms with Crippen molar-refractivity contribution in [2.75, 3.05) is 12.4 Å². The summed E-state index contributed by atoms with van der Waals surface area (Å²) in [5, 5.41) is 3.10. The second kappa shape index (κ2) is 6.58. The van der Waals surface area contributed by atoms with Crippen LogP contribution in [0.15, 0.2) is 40.9 Å². The van der Waals surface area contributed by atoms with Crippen LogP contribution in [0, 0.1) is 5.82 Å². The second-order valence-corrected chi connectivity index (χ2v) is 5.28. The van der Waals surface area contributed by atoms with Gasteiger partial charge >= 0.3 is 0 Å². The summed E-state index contributed by atoms with van der Waals surface area (Å²) in [5.41, 5.74) is 6.43. The maximum atomic E-state index is 13.9. The molecule has 0 aliphatic rings. The highest BCUT2D eigenvalue weighted by Gasteiger charge is 2.08. The highest BCUT2D eigenvalue weighted by molar-refractivity contribution is 9.10. The van der Waals surface area contributed by atoms with Gasteiger partial charge < -0.3 is 15.8 Å². The third-order valence-corrected chi connectivity index (χ3v) is 3.46. The molecule has 0 fully saturated rings. The minimum absolute atomic E-state index is 0.149. The van der Waals surface area contributed by atoms with E-state index in [1.54, 1.807) is 13.2 Å². The number of amides is 1. The zero-order valence-corrected chi connectivity index (χ0v) is 12.9. The molecule has 0 radical (unpaired) electrons. The third-order valence-electron chi connectivity index (χ3n) is 2.97. The number of halogens is 2. The number of anilines is 1. The van der Waals surface area contributed by atoms with E-state index in [2.05, 4.69) is 21.2 Å². The quantitative estimate of drug-likeness (QED) is 0.867. The molecule has 3 N–H and O–H groups in total. The van der Waals surface area contributed by atoms with Crippen molar-refractivity contribution in [2.45, 2.75) is 6.54 Å². The fourth-order valence-electron chi connectivity index (χ4n) is 1.85. The first-order chi connectivity index (χ1) is 10.0. The molecule has 0 aliphatic heterocycles. The summed E-state index contributed by atoms with van der Waals surface area (Å²) in [6.45, 7) is 0.262. The molecule has 0 aromatic heterocycles. The van der Waals surface area contributed by atoms with Gasteiger partial charge in [-0.25, -0.2) is 4.39 Å². The Morgan fingerprint density at radius 1 is 1.33 bits per heavy atom. The number of methoxy groups -OCH3 is 1. The number of nitrogens with one attached hydrogen (secondary N) is 1. The molecule has 0 spiro atoms. The van der Waals surface area contributed by atoms with Crippen molar-refractivity contribution in [3.8, 4) is 5.75 Å². The lowest BCUT2D eigenvalue weighted by Gasteiger charge is -2.12. The zero-order chi connectivity index (χ0) is 15.4. The summed E-state index contributed by atoms with van der Waals surface area (Å²) in [6.07, 6.45) is 0. The van der Waals surface area contributed by atoms with Gasteiger partial charge in [0.25, 0.3) is 0 Å². The number of nitrogens with two attached hydrogens (primary N) is 1. The number of rotatable bonds is 5. The van der Waals surface area contributed by atoms with Crippen molar-refractivity contribution in [3.63, 3.8) is 0 Å². The molecule has 2 aromatic carbocycles. The minimum atomic E-state index is -0.651. The molecular formula is C15H14BrFN2O2. The first-order valence-electron chi connectivity index (χ1n) is 6.17. The SMILES string of the molecule is COc1ccc(Br)cc1NCc1ccc(C(N)=O)cc1F. The van der Waals surface area contributed by atoms with Gasteiger partial charge in [-0.05, 0) is 30.3 Å². The van der Waals surface area contributed by atoms with E-state index in [1.165, 1.54) is 12.1 Å². The first kappa shape index (κ1) is 15.3. The Hall–Kier alpha value is -2.08. The van der Waals surface area contributed by atoms with Gasteiger partial charge in [0.1, 0.15) is 11.6 Å². The summed E-state index contributed by atoms with van der Waals surface area (Å²) < 4.78 is 20.0. The fourth-order valence-corrected chi connectivity index (χ4v) is 2.21. The first-order valence-corrected chi connectivity index (χ1v) is 6.96. The molecule has 0 bridgehead atoms. The van der Waals surface area contributed by atoms with Crippen LogP contribution in [-0.4, -0.2) is 13.0 Å².